The van der Waals surface area contributed by atoms with Crippen molar-refractivity contribution in [1.82, 2.24) is 9.78 Å². The van der Waals surface area contributed by atoms with Gasteiger partial charge in [0.25, 0.3) is 5.88 Å². The van der Waals surface area contributed by atoms with E-state index in [-0.39, 0.29) is 6.61 Å². The fourth-order valence-corrected chi connectivity index (χ4v) is 1.21. The molecule has 1 fully saturated rings. The maximum Gasteiger partial charge on any atom is 0.343 e. The number of aromatic nitrogens is 2. The highest BCUT2D eigenvalue weighted by Gasteiger charge is 2.25. The Balaban J connectivity index is 1.98. The predicted molar refractivity (Wildman–Crippen MR) is 52.4 cm³/mol. The summed E-state index contributed by atoms with van der Waals surface area (Å²) in [4.78, 5) is 10.8. The average molecular weight is 211 g/mol. The number of hydrogen-bond donors (Lipinski definition) is 1. The molecule has 0 amide bonds. The van der Waals surface area contributed by atoms with E-state index in [0.717, 1.165) is 12.8 Å². The molecule has 1 aromatic rings. The van der Waals surface area contributed by atoms with Crippen LogP contribution < -0.4 is 10.5 Å². The maximum atomic E-state index is 10.8. The third-order valence-corrected chi connectivity index (χ3v) is 2.20. The fourth-order valence-electron chi connectivity index (χ4n) is 1.21. The van der Waals surface area contributed by atoms with Gasteiger partial charge in [0.1, 0.15) is 5.69 Å². The van der Waals surface area contributed by atoms with Crippen molar-refractivity contribution < 1.29 is 14.3 Å². The summed E-state index contributed by atoms with van der Waals surface area (Å²) < 4.78 is 11.3. The summed E-state index contributed by atoms with van der Waals surface area (Å²) in [5.41, 5.74) is 6.12. The smallest absolute Gasteiger partial charge is 0.343 e. The Hall–Kier alpha value is -1.72. The Kier molecular flexibility index (Phi) is 2.49. The van der Waals surface area contributed by atoms with Crippen LogP contribution in [0.25, 0.3) is 0 Å². The van der Waals surface area contributed by atoms with E-state index in [1.54, 1.807) is 10.9 Å². The monoisotopic (exact) mass is 211 g/mol. The highest BCUT2D eigenvalue weighted by atomic mass is 16.6. The lowest BCUT2D eigenvalue weighted by molar-refractivity contribution is -0.143. The third-order valence-electron chi connectivity index (χ3n) is 2.20. The SMILES string of the molecule is COC(=O)COc1nn(C2CC2)cc1N. The zero-order valence-corrected chi connectivity index (χ0v) is 8.47. The van der Waals surface area contributed by atoms with Crippen molar-refractivity contribution in [3.05, 3.63) is 6.20 Å². The Morgan fingerprint density at radius 1 is 1.73 bits per heavy atom. The van der Waals surface area contributed by atoms with E-state index in [1.165, 1.54) is 7.11 Å². The fraction of sp³-hybridized carbons (Fsp3) is 0.556. The summed E-state index contributed by atoms with van der Waals surface area (Å²) >= 11 is 0. The van der Waals surface area contributed by atoms with Crippen molar-refractivity contribution in [1.29, 1.82) is 0 Å². The number of hydrogen-bond acceptors (Lipinski definition) is 5. The minimum absolute atomic E-state index is 0.164. The number of nitrogens with zero attached hydrogens (tertiary/aromatic N) is 2. The molecule has 6 nitrogen and oxygen atoms in total. The maximum absolute atomic E-state index is 10.8. The van der Waals surface area contributed by atoms with Gasteiger partial charge in [-0.3, -0.25) is 4.68 Å². The topological polar surface area (TPSA) is 79.4 Å². The molecule has 0 spiro atoms. The lowest BCUT2D eigenvalue weighted by Crippen LogP contribution is -2.13. The van der Waals surface area contributed by atoms with Crippen LogP contribution in [0.5, 0.6) is 5.88 Å². The van der Waals surface area contributed by atoms with Crippen LogP contribution >= 0.6 is 0 Å². The van der Waals surface area contributed by atoms with E-state index in [4.69, 9.17) is 10.5 Å². The highest BCUT2D eigenvalue weighted by Crippen LogP contribution is 2.36. The highest BCUT2D eigenvalue weighted by molar-refractivity contribution is 5.71. The number of carbonyl (C=O) groups excluding carboxylic acids is 1. The average Bonchev–Trinajstić information content (AvgIpc) is 3.00. The first-order chi connectivity index (χ1) is 7.20. The van der Waals surface area contributed by atoms with Gasteiger partial charge in [0.15, 0.2) is 6.61 Å². The van der Waals surface area contributed by atoms with Gasteiger partial charge in [-0.25, -0.2) is 4.79 Å². The number of nitrogen functional groups attached to an aromatic ring is 1. The molecule has 0 saturated heterocycles. The second kappa shape index (κ2) is 3.80. The second-order valence-electron chi connectivity index (χ2n) is 3.47. The lowest BCUT2D eigenvalue weighted by atomic mass is 10.5. The van der Waals surface area contributed by atoms with E-state index in [2.05, 4.69) is 9.84 Å². The number of nitrogens with two attached hydrogens (primary N) is 1. The molecular formula is C9H13N3O3. The van der Waals surface area contributed by atoms with Crippen LogP contribution in [0.4, 0.5) is 5.69 Å². The minimum atomic E-state index is -0.449. The molecule has 0 aromatic carbocycles. The number of carbonyl (C=O) groups is 1. The van der Waals surface area contributed by atoms with E-state index in [9.17, 15) is 4.79 Å². The van der Waals surface area contributed by atoms with Crippen molar-refractivity contribution in [3.63, 3.8) is 0 Å². The van der Waals surface area contributed by atoms with Crippen LogP contribution in [0.3, 0.4) is 0 Å². The lowest BCUT2D eigenvalue weighted by Gasteiger charge is -2.01. The number of methoxy groups -OCH3 is 1. The van der Waals surface area contributed by atoms with Crippen molar-refractivity contribution in [2.45, 2.75) is 18.9 Å². The van der Waals surface area contributed by atoms with Gasteiger partial charge in [0.05, 0.1) is 19.3 Å². The van der Waals surface area contributed by atoms with Crippen LogP contribution in [0.2, 0.25) is 0 Å². The van der Waals surface area contributed by atoms with E-state index in [0.29, 0.717) is 17.6 Å². The Labute approximate surface area is 87.0 Å². The predicted octanol–water partition coefficient (Wildman–Crippen LogP) is 0.352. The van der Waals surface area contributed by atoms with Gasteiger partial charge in [0.2, 0.25) is 0 Å². The Morgan fingerprint density at radius 2 is 2.47 bits per heavy atom. The van der Waals surface area contributed by atoms with Gasteiger partial charge in [-0.1, -0.05) is 0 Å². The van der Waals surface area contributed by atoms with Gasteiger partial charge in [-0.15, -0.1) is 5.10 Å². The summed E-state index contributed by atoms with van der Waals surface area (Å²) in [5, 5.41) is 4.14. The standard InChI is InChI=1S/C9H13N3O3/c1-14-8(13)5-15-9-7(10)4-12(11-9)6-2-3-6/h4,6H,2-3,5,10H2,1H3. The van der Waals surface area contributed by atoms with E-state index in [1.807, 2.05) is 0 Å². The van der Waals surface area contributed by atoms with Crippen LogP contribution in [-0.4, -0.2) is 29.5 Å². The second-order valence-corrected chi connectivity index (χ2v) is 3.47. The zero-order valence-electron chi connectivity index (χ0n) is 8.47. The van der Waals surface area contributed by atoms with Crippen LogP contribution in [0.1, 0.15) is 18.9 Å². The molecule has 0 bridgehead atoms. The number of rotatable bonds is 4. The van der Waals surface area contributed by atoms with Crippen LogP contribution in [0.15, 0.2) is 6.20 Å². The normalized spacial score (nSPS) is 15.0. The van der Waals surface area contributed by atoms with Crippen LogP contribution in [-0.2, 0) is 9.53 Å². The number of anilines is 1. The van der Waals surface area contributed by atoms with E-state index >= 15 is 0 Å². The molecule has 15 heavy (non-hydrogen) atoms. The molecular weight excluding hydrogens is 198 g/mol. The van der Waals surface area contributed by atoms with Gasteiger partial charge in [0, 0.05) is 0 Å². The first-order valence-electron chi connectivity index (χ1n) is 4.75. The van der Waals surface area contributed by atoms with Crippen molar-refractivity contribution in [3.8, 4) is 5.88 Å². The number of ether oxygens (including phenoxy) is 2. The van der Waals surface area contributed by atoms with Crippen molar-refractivity contribution >= 4 is 11.7 Å². The molecule has 82 valence electrons. The minimum Gasteiger partial charge on any atom is -0.466 e. The quantitative estimate of drug-likeness (QED) is 0.727. The Bertz CT molecular complexity index is 371. The molecule has 2 rings (SSSR count). The molecule has 6 heteroatoms. The molecule has 1 aliphatic carbocycles. The molecule has 1 aromatic heterocycles. The van der Waals surface area contributed by atoms with Gasteiger partial charge in [-0.2, -0.15) is 0 Å². The Morgan fingerprint density at radius 3 is 3.07 bits per heavy atom. The largest absolute Gasteiger partial charge is 0.466 e. The summed E-state index contributed by atoms with van der Waals surface area (Å²) in [6.07, 6.45) is 3.97. The van der Waals surface area contributed by atoms with Gasteiger partial charge >= 0.3 is 5.97 Å². The first kappa shape index (κ1) is 9.82. The third kappa shape index (κ3) is 2.20. The van der Waals surface area contributed by atoms with Gasteiger partial charge < -0.3 is 15.2 Å². The summed E-state index contributed by atoms with van der Waals surface area (Å²) in [7, 11) is 1.30. The molecule has 2 N–H and O–H groups in total. The molecule has 0 aliphatic heterocycles. The van der Waals surface area contributed by atoms with E-state index < -0.39 is 5.97 Å². The first-order valence-corrected chi connectivity index (χ1v) is 4.75. The summed E-state index contributed by atoms with van der Waals surface area (Å²) in [6.45, 7) is -0.164. The van der Waals surface area contributed by atoms with Crippen molar-refractivity contribution in [2.24, 2.45) is 0 Å². The van der Waals surface area contributed by atoms with Gasteiger partial charge in [-0.05, 0) is 12.8 Å². The molecule has 1 aliphatic rings. The molecule has 1 saturated carbocycles. The molecule has 0 radical (unpaired) electrons. The van der Waals surface area contributed by atoms with Crippen molar-refractivity contribution in [2.75, 3.05) is 19.5 Å². The zero-order chi connectivity index (χ0) is 10.8. The molecule has 0 atom stereocenters. The molecule has 0 unspecified atom stereocenters. The summed E-state index contributed by atoms with van der Waals surface area (Å²) in [5.74, 6) is -0.150. The molecule has 1 heterocycles. The van der Waals surface area contributed by atoms with Crippen LogP contribution in [0, 0.1) is 0 Å². The summed E-state index contributed by atoms with van der Waals surface area (Å²) in [6, 6.07) is 0.447. The number of esters is 1.